The van der Waals surface area contributed by atoms with Crippen LogP contribution in [0.15, 0.2) is 23.4 Å². The highest BCUT2D eigenvalue weighted by molar-refractivity contribution is 14.1. The van der Waals surface area contributed by atoms with Gasteiger partial charge in [0.25, 0.3) is 0 Å². The Morgan fingerprint density at radius 2 is 2.42 bits per heavy atom. The number of rotatable bonds is 1. The molecule has 2 heterocycles. The second kappa shape index (κ2) is 3.26. The predicted molar refractivity (Wildman–Crippen MR) is 60.6 cm³/mol. The van der Waals surface area contributed by atoms with E-state index in [0.717, 1.165) is 10.7 Å². The quantitative estimate of drug-likeness (QED) is 0.646. The van der Waals surface area contributed by atoms with Gasteiger partial charge < -0.3 is 4.98 Å². The van der Waals surface area contributed by atoms with E-state index in [0.29, 0.717) is 0 Å². The van der Waals surface area contributed by atoms with Crippen molar-refractivity contribution in [2.75, 3.05) is 6.26 Å². The molecule has 2 aromatic heterocycles. The molecule has 0 bridgehead atoms. The van der Waals surface area contributed by atoms with Crippen LogP contribution >= 0.6 is 34.4 Å². The van der Waals surface area contributed by atoms with Crippen molar-refractivity contribution in [2.24, 2.45) is 0 Å². The van der Waals surface area contributed by atoms with Gasteiger partial charge in [-0.3, -0.25) is 0 Å². The molecule has 12 heavy (non-hydrogen) atoms. The Bertz CT molecular complexity index is 410. The average molecular weight is 290 g/mol. The standard InChI is InChI=1S/C8H7IN2S/c1-12-8-6(9)4-5-2-3-10-7(5)11-8/h2-4H,1H3,(H,10,11). The number of nitrogens with zero attached hydrogens (tertiary/aromatic N) is 1. The number of fused-ring (bicyclic) bond motifs is 1. The number of H-pyrrole nitrogens is 1. The van der Waals surface area contributed by atoms with Crippen LogP contribution in [0.4, 0.5) is 0 Å². The van der Waals surface area contributed by atoms with Gasteiger partial charge in [0.1, 0.15) is 10.7 Å². The third kappa shape index (κ3) is 1.33. The number of aromatic amines is 1. The van der Waals surface area contributed by atoms with E-state index in [1.54, 1.807) is 11.8 Å². The summed E-state index contributed by atoms with van der Waals surface area (Å²) in [5, 5.41) is 2.27. The van der Waals surface area contributed by atoms with Gasteiger partial charge in [0, 0.05) is 15.2 Å². The van der Waals surface area contributed by atoms with Crippen LogP contribution < -0.4 is 0 Å². The highest BCUT2D eigenvalue weighted by Crippen LogP contribution is 2.23. The average Bonchev–Trinajstić information content (AvgIpc) is 2.49. The first-order chi connectivity index (χ1) is 5.81. The van der Waals surface area contributed by atoms with Crippen molar-refractivity contribution < 1.29 is 0 Å². The fraction of sp³-hybridized carbons (Fsp3) is 0.125. The second-order valence-corrected chi connectivity index (χ2v) is 4.35. The molecule has 0 spiro atoms. The Morgan fingerprint density at radius 3 is 3.17 bits per heavy atom. The molecule has 0 amide bonds. The zero-order chi connectivity index (χ0) is 8.55. The number of aromatic nitrogens is 2. The zero-order valence-corrected chi connectivity index (χ0v) is 9.44. The Morgan fingerprint density at radius 1 is 1.58 bits per heavy atom. The van der Waals surface area contributed by atoms with E-state index in [1.807, 2.05) is 18.5 Å². The molecule has 0 unspecified atom stereocenters. The van der Waals surface area contributed by atoms with E-state index < -0.39 is 0 Å². The fourth-order valence-electron chi connectivity index (χ4n) is 1.08. The summed E-state index contributed by atoms with van der Waals surface area (Å²) in [4.78, 5) is 7.55. The Balaban J connectivity index is 2.73. The van der Waals surface area contributed by atoms with Gasteiger partial charge >= 0.3 is 0 Å². The molecule has 2 aromatic rings. The number of nitrogens with one attached hydrogen (secondary N) is 1. The molecule has 0 fully saturated rings. The molecule has 0 aliphatic carbocycles. The smallest absolute Gasteiger partial charge is 0.138 e. The molecule has 0 aliphatic heterocycles. The summed E-state index contributed by atoms with van der Waals surface area (Å²) in [5.41, 5.74) is 0.972. The summed E-state index contributed by atoms with van der Waals surface area (Å²) < 4.78 is 1.22. The normalized spacial score (nSPS) is 10.8. The van der Waals surface area contributed by atoms with E-state index in [4.69, 9.17) is 0 Å². The summed E-state index contributed by atoms with van der Waals surface area (Å²) in [6.07, 6.45) is 3.96. The van der Waals surface area contributed by atoms with Gasteiger partial charge in [0.2, 0.25) is 0 Å². The van der Waals surface area contributed by atoms with Crippen molar-refractivity contribution in [1.29, 1.82) is 0 Å². The van der Waals surface area contributed by atoms with E-state index in [1.165, 1.54) is 8.96 Å². The van der Waals surface area contributed by atoms with Crippen molar-refractivity contribution >= 4 is 45.4 Å². The molecule has 2 rings (SSSR count). The monoisotopic (exact) mass is 290 g/mol. The topological polar surface area (TPSA) is 28.7 Å². The number of thioether (sulfide) groups is 1. The summed E-state index contributed by atoms with van der Waals surface area (Å²) in [6.45, 7) is 0. The molecule has 62 valence electrons. The molecule has 0 saturated carbocycles. The van der Waals surface area contributed by atoms with Gasteiger partial charge in [-0.1, -0.05) is 0 Å². The molecule has 2 nitrogen and oxygen atoms in total. The highest BCUT2D eigenvalue weighted by atomic mass is 127. The van der Waals surface area contributed by atoms with E-state index >= 15 is 0 Å². The van der Waals surface area contributed by atoms with Gasteiger partial charge in [-0.15, -0.1) is 11.8 Å². The molecule has 0 saturated heterocycles. The van der Waals surface area contributed by atoms with Crippen molar-refractivity contribution in [3.05, 3.63) is 21.9 Å². The molecule has 0 aliphatic rings. The molecular formula is C8H7IN2S. The molecule has 1 N–H and O–H groups in total. The maximum atomic E-state index is 4.45. The highest BCUT2D eigenvalue weighted by Gasteiger charge is 2.02. The molecule has 0 atom stereocenters. The van der Waals surface area contributed by atoms with Crippen molar-refractivity contribution in [3.8, 4) is 0 Å². The van der Waals surface area contributed by atoms with Crippen molar-refractivity contribution in [3.63, 3.8) is 0 Å². The lowest BCUT2D eigenvalue weighted by molar-refractivity contribution is 1.14. The third-order valence-corrected chi connectivity index (χ3v) is 3.54. The van der Waals surface area contributed by atoms with E-state index in [2.05, 4.69) is 38.6 Å². The van der Waals surface area contributed by atoms with Crippen LogP contribution in [0.3, 0.4) is 0 Å². The third-order valence-electron chi connectivity index (χ3n) is 1.65. The maximum absolute atomic E-state index is 4.45. The van der Waals surface area contributed by atoms with Crippen LogP contribution in [0.1, 0.15) is 0 Å². The number of hydrogen-bond acceptors (Lipinski definition) is 2. The molecular weight excluding hydrogens is 283 g/mol. The van der Waals surface area contributed by atoms with Crippen LogP contribution in [-0.2, 0) is 0 Å². The summed E-state index contributed by atoms with van der Waals surface area (Å²) >= 11 is 3.98. The minimum Gasteiger partial charge on any atom is -0.346 e. The Hall–Kier alpha value is -0.230. The van der Waals surface area contributed by atoms with Crippen LogP contribution in [0, 0.1) is 3.57 Å². The molecule has 0 radical (unpaired) electrons. The first-order valence-electron chi connectivity index (χ1n) is 3.49. The van der Waals surface area contributed by atoms with E-state index in [9.17, 15) is 0 Å². The second-order valence-electron chi connectivity index (χ2n) is 2.39. The van der Waals surface area contributed by atoms with Gasteiger partial charge in [0.15, 0.2) is 0 Å². The van der Waals surface area contributed by atoms with Gasteiger partial charge in [-0.05, 0) is 41.0 Å². The first-order valence-corrected chi connectivity index (χ1v) is 5.79. The number of pyridine rings is 1. The first kappa shape index (κ1) is 8.37. The van der Waals surface area contributed by atoms with Crippen molar-refractivity contribution in [1.82, 2.24) is 9.97 Å². The van der Waals surface area contributed by atoms with Gasteiger partial charge in [-0.2, -0.15) is 0 Å². The van der Waals surface area contributed by atoms with Crippen molar-refractivity contribution in [2.45, 2.75) is 5.03 Å². The number of halogens is 1. The lowest BCUT2D eigenvalue weighted by atomic mass is 10.3. The minimum atomic E-state index is 0.972. The summed E-state index contributed by atoms with van der Waals surface area (Å²) in [7, 11) is 0. The molecule has 4 heteroatoms. The van der Waals surface area contributed by atoms with Gasteiger partial charge in [0.05, 0.1) is 0 Å². The maximum Gasteiger partial charge on any atom is 0.138 e. The zero-order valence-electron chi connectivity index (χ0n) is 6.47. The van der Waals surface area contributed by atoms with Gasteiger partial charge in [-0.25, -0.2) is 4.98 Å². The van der Waals surface area contributed by atoms with Crippen LogP contribution in [0.2, 0.25) is 0 Å². The predicted octanol–water partition coefficient (Wildman–Crippen LogP) is 2.89. The largest absolute Gasteiger partial charge is 0.346 e. The van der Waals surface area contributed by atoms with Crippen LogP contribution in [0.5, 0.6) is 0 Å². The minimum absolute atomic E-state index is 0.972. The summed E-state index contributed by atoms with van der Waals surface area (Å²) in [6, 6.07) is 4.18. The lowest BCUT2D eigenvalue weighted by Gasteiger charge is -1.98. The van der Waals surface area contributed by atoms with Crippen LogP contribution in [0.25, 0.3) is 11.0 Å². The fourth-order valence-corrected chi connectivity index (χ4v) is 2.64. The SMILES string of the molecule is CSc1nc2[nH]ccc2cc1I. The Labute approximate surface area is 88.3 Å². The Kier molecular flexibility index (Phi) is 2.27. The van der Waals surface area contributed by atoms with E-state index in [-0.39, 0.29) is 0 Å². The molecule has 0 aromatic carbocycles. The van der Waals surface area contributed by atoms with Crippen LogP contribution in [-0.4, -0.2) is 16.2 Å². The lowest BCUT2D eigenvalue weighted by Crippen LogP contribution is -1.84. The number of hydrogen-bond donors (Lipinski definition) is 1. The summed E-state index contributed by atoms with van der Waals surface area (Å²) in [5.74, 6) is 0.